The van der Waals surface area contributed by atoms with E-state index in [2.05, 4.69) is 10.6 Å². The Kier molecular flexibility index (Phi) is 7.15. The number of rotatable bonds is 8. The summed E-state index contributed by atoms with van der Waals surface area (Å²) in [7, 11) is 2.96. The van der Waals surface area contributed by atoms with Gasteiger partial charge in [-0.1, -0.05) is 24.3 Å². The molecule has 0 spiro atoms. The predicted molar refractivity (Wildman–Crippen MR) is 99.4 cm³/mol. The number of methoxy groups -OCH3 is 2. The predicted octanol–water partition coefficient (Wildman–Crippen LogP) is 0.341. The quantitative estimate of drug-likeness (QED) is 0.635. The minimum atomic E-state index is -1.45. The fraction of sp³-hybridized carbons (Fsp3) is 0.150. The lowest BCUT2D eigenvalue weighted by Crippen LogP contribution is -2.41. The Morgan fingerprint density at radius 1 is 1.00 bits per heavy atom. The number of nitrogens with one attached hydrogen (secondary N) is 2. The number of hydrogen-bond donors (Lipinski definition) is 2. The van der Waals surface area contributed by atoms with Crippen LogP contribution in [0.4, 0.5) is 0 Å². The highest BCUT2D eigenvalue weighted by Gasteiger charge is 2.15. The number of carbonyl (C=O) groups is 3. The fourth-order valence-electron chi connectivity index (χ4n) is 2.30. The summed E-state index contributed by atoms with van der Waals surface area (Å²) in [6.45, 7) is -0.691. The Morgan fingerprint density at radius 3 is 2.29 bits per heavy atom. The first kappa shape index (κ1) is 20.5. The van der Waals surface area contributed by atoms with Gasteiger partial charge in [0.15, 0.2) is 11.5 Å². The third kappa shape index (κ3) is 5.60. The molecule has 0 radical (unpaired) electrons. The van der Waals surface area contributed by atoms with E-state index in [1.807, 2.05) is 0 Å². The maximum Gasteiger partial charge on any atom is 0.268 e. The van der Waals surface area contributed by atoms with Gasteiger partial charge >= 0.3 is 0 Å². The molecule has 0 fully saturated rings. The van der Waals surface area contributed by atoms with Crippen LogP contribution in [0, 0.1) is 0 Å². The lowest BCUT2D eigenvalue weighted by molar-refractivity contribution is -0.303. The molecule has 2 rings (SSSR count). The molecule has 0 unspecified atom stereocenters. The van der Waals surface area contributed by atoms with Gasteiger partial charge in [0.2, 0.25) is 0 Å². The SMILES string of the molecule is COc1ccc(/C=C(/NC(=O)c2ccccc2)C(=O)NCC(=O)[O-])cc1OC. The first-order valence-electron chi connectivity index (χ1n) is 8.22. The molecule has 0 aromatic heterocycles. The molecule has 0 saturated heterocycles. The Balaban J connectivity index is 2.34. The first-order chi connectivity index (χ1) is 13.4. The van der Waals surface area contributed by atoms with Crippen LogP contribution in [0.2, 0.25) is 0 Å². The average Bonchev–Trinajstić information content (AvgIpc) is 2.71. The van der Waals surface area contributed by atoms with Gasteiger partial charge in [0.25, 0.3) is 11.8 Å². The van der Waals surface area contributed by atoms with E-state index in [4.69, 9.17) is 9.47 Å². The van der Waals surface area contributed by atoms with Crippen molar-refractivity contribution in [3.8, 4) is 11.5 Å². The number of carboxylic acids is 1. The number of hydrogen-bond acceptors (Lipinski definition) is 6. The van der Waals surface area contributed by atoms with Gasteiger partial charge in [-0.05, 0) is 35.9 Å². The Labute approximate surface area is 161 Å². The molecule has 2 N–H and O–H groups in total. The van der Waals surface area contributed by atoms with E-state index in [1.54, 1.807) is 48.5 Å². The zero-order valence-electron chi connectivity index (χ0n) is 15.4. The van der Waals surface area contributed by atoms with E-state index in [9.17, 15) is 19.5 Å². The second-order valence-corrected chi connectivity index (χ2v) is 5.55. The zero-order chi connectivity index (χ0) is 20.5. The van der Waals surface area contributed by atoms with Crippen molar-refractivity contribution in [2.45, 2.75) is 0 Å². The van der Waals surface area contributed by atoms with Crippen LogP contribution in [-0.4, -0.2) is 38.5 Å². The molecule has 2 aromatic rings. The summed E-state index contributed by atoms with van der Waals surface area (Å²) in [5.74, 6) is -1.82. The molecule has 8 heteroatoms. The highest BCUT2D eigenvalue weighted by Crippen LogP contribution is 2.28. The van der Waals surface area contributed by atoms with Crippen molar-refractivity contribution in [3.05, 3.63) is 65.4 Å². The highest BCUT2D eigenvalue weighted by atomic mass is 16.5. The summed E-state index contributed by atoms with van der Waals surface area (Å²) in [4.78, 5) is 35.4. The van der Waals surface area contributed by atoms with Crippen LogP contribution in [0.25, 0.3) is 6.08 Å². The molecule has 8 nitrogen and oxygen atoms in total. The van der Waals surface area contributed by atoms with Crippen molar-refractivity contribution < 1.29 is 29.0 Å². The molecule has 28 heavy (non-hydrogen) atoms. The summed E-state index contributed by atoms with van der Waals surface area (Å²) in [5, 5.41) is 15.3. The van der Waals surface area contributed by atoms with Gasteiger partial charge in [-0.25, -0.2) is 0 Å². The standard InChI is InChI=1S/C20H20N2O6/c1-27-16-9-8-13(11-17(16)28-2)10-15(20(26)21-12-18(23)24)22-19(25)14-6-4-3-5-7-14/h3-11H,12H2,1-2H3,(H,21,26)(H,22,25)(H,23,24)/p-1/b15-10+. The van der Waals surface area contributed by atoms with Gasteiger partial charge < -0.3 is 30.0 Å². The van der Waals surface area contributed by atoms with E-state index < -0.39 is 24.3 Å². The van der Waals surface area contributed by atoms with Crippen LogP contribution < -0.4 is 25.2 Å². The van der Waals surface area contributed by atoms with Crippen molar-refractivity contribution in [1.29, 1.82) is 0 Å². The van der Waals surface area contributed by atoms with Crippen molar-refractivity contribution in [3.63, 3.8) is 0 Å². The van der Waals surface area contributed by atoms with E-state index in [0.717, 1.165) is 0 Å². The molecule has 0 bridgehead atoms. The summed E-state index contributed by atoms with van der Waals surface area (Å²) < 4.78 is 10.4. The number of benzene rings is 2. The van der Waals surface area contributed by atoms with E-state index in [1.165, 1.54) is 20.3 Å². The summed E-state index contributed by atoms with van der Waals surface area (Å²) in [6, 6.07) is 13.2. The third-order valence-corrected chi connectivity index (χ3v) is 3.64. The molecule has 0 aliphatic rings. The summed E-state index contributed by atoms with van der Waals surface area (Å²) >= 11 is 0. The number of aliphatic carboxylic acids is 1. The van der Waals surface area contributed by atoms with Crippen LogP contribution in [0.15, 0.2) is 54.2 Å². The topological polar surface area (TPSA) is 117 Å². The van der Waals surface area contributed by atoms with Crippen LogP contribution in [0.1, 0.15) is 15.9 Å². The highest BCUT2D eigenvalue weighted by molar-refractivity contribution is 6.05. The number of ether oxygens (including phenoxy) is 2. The van der Waals surface area contributed by atoms with Gasteiger partial charge in [-0.2, -0.15) is 0 Å². The molecular weight excluding hydrogens is 364 g/mol. The smallest absolute Gasteiger partial charge is 0.268 e. The normalized spacial score (nSPS) is 10.7. The Morgan fingerprint density at radius 2 is 1.68 bits per heavy atom. The van der Waals surface area contributed by atoms with Gasteiger partial charge in [-0.15, -0.1) is 0 Å². The number of amides is 2. The van der Waals surface area contributed by atoms with Crippen LogP contribution in [0.3, 0.4) is 0 Å². The van der Waals surface area contributed by atoms with Crippen molar-refractivity contribution in [2.75, 3.05) is 20.8 Å². The molecular formula is C20H19N2O6-. The summed E-state index contributed by atoms with van der Waals surface area (Å²) in [6.07, 6.45) is 1.40. The molecule has 0 aliphatic carbocycles. The molecule has 0 heterocycles. The lowest BCUT2D eigenvalue weighted by atomic mass is 10.1. The van der Waals surface area contributed by atoms with E-state index in [-0.39, 0.29) is 5.70 Å². The number of carboxylic acid groups (broad SMARTS) is 1. The van der Waals surface area contributed by atoms with E-state index >= 15 is 0 Å². The van der Waals surface area contributed by atoms with Gasteiger partial charge in [0, 0.05) is 5.56 Å². The maximum absolute atomic E-state index is 12.4. The molecule has 2 aromatic carbocycles. The van der Waals surface area contributed by atoms with Crippen molar-refractivity contribution >= 4 is 23.9 Å². The van der Waals surface area contributed by atoms with Gasteiger partial charge in [0.1, 0.15) is 5.70 Å². The lowest BCUT2D eigenvalue weighted by Gasteiger charge is -2.12. The van der Waals surface area contributed by atoms with Crippen molar-refractivity contribution in [2.24, 2.45) is 0 Å². The molecule has 2 amide bonds. The summed E-state index contributed by atoms with van der Waals surface area (Å²) in [5.41, 5.74) is 0.736. The third-order valence-electron chi connectivity index (χ3n) is 3.64. The van der Waals surface area contributed by atoms with Crippen molar-refractivity contribution in [1.82, 2.24) is 10.6 Å². The zero-order valence-corrected chi connectivity index (χ0v) is 15.4. The molecule has 0 aliphatic heterocycles. The van der Waals surface area contributed by atoms with Gasteiger partial charge in [-0.3, -0.25) is 9.59 Å². The largest absolute Gasteiger partial charge is 0.548 e. The van der Waals surface area contributed by atoms with Crippen LogP contribution in [0.5, 0.6) is 11.5 Å². The van der Waals surface area contributed by atoms with Gasteiger partial charge in [0.05, 0.1) is 26.7 Å². The monoisotopic (exact) mass is 383 g/mol. The molecule has 0 saturated carbocycles. The average molecular weight is 383 g/mol. The Bertz CT molecular complexity index is 893. The first-order valence-corrected chi connectivity index (χ1v) is 8.22. The second kappa shape index (κ2) is 9.77. The minimum Gasteiger partial charge on any atom is -0.548 e. The second-order valence-electron chi connectivity index (χ2n) is 5.55. The minimum absolute atomic E-state index is 0.137. The fourth-order valence-corrected chi connectivity index (χ4v) is 2.30. The van der Waals surface area contributed by atoms with E-state index in [0.29, 0.717) is 22.6 Å². The van der Waals surface area contributed by atoms with Crippen LogP contribution in [-0.2, 0) is 9.59 Å². The molecule has 146 valence electrons. The number of carbonyl (C=O) groups excluding carboxylic acids is 3. The molecule has 0 atom stereocenters. The maximum atomic E-state index is 12.4. The Hall–Kier alpha value is -3.81. The van der Waals surface area contributed by atoms with Crippen LogP contribution >= 0.6 is 0 Å².